The van der Waals surface area contributed by atoms with E-state index in [4.69, 9.17) is 0 Å². The molecule has 1 heterocycles. The summed E-state index contributed by atoms with van der Waals surface area (Å²) in [5.41, 5.74) is 1.17. The molecule has 0 bridgehead atoms. The summed E-state index contributed by atoms with van der Waals surface area (Å²) < 4.78 is 1.26. The number of aromatic nitrogens is 1. The second-order valence-corrected chi connectivity index (χ2v) is 3.80. The van der Waals surface area contributed by atoms with Crippen LogP contribution in [-0.2, 0) is 0 Å². The molecule has 0 atom stereocenters. The van der Waals surface area contributed by atoms with Crippen LogP contribution in [-0.4, -0.2) is 4.98 Å². The van der Waals surface area contributed by atoms with Gasteiger partial charge in [0.2, 0.25) is 0 Å². The standard InChI is InChI=1S/C8H10IN/c1-6(2)8-5-7(9)3-4-10-8/h3-6H,1-2H3. The highest BCUT2D eigenvalue weighted by Crippen LogP contribution is 2.13. The van der Waals surface area contributed by atoms with Crippen LogP contribution in [0.15, 0.2) is 18.3 Å². The van der Waals surface area contributed by atoms with E-state index in [2.05, 4.69) is 47.5 Å². The fourth-order valence-electron chi connectivity index (χ4n) is 0.737. The number of halogens is 1. The highest BCUT2D eigenvalue weighted by atomic mass is 127. The molecule has 0 aliphatic carbocycles. The molecule has 0 spiro atoms. The van der Waals surface area contributed by atoms with E-state index < -0.39 is 0 Å². The first-order valence-electron chi connectivity index (χ1n) is 3.31. The van der Waals surface area contributed by atoms with Gasteiger partial charge in [-0.1, -0.05) is 13.8 Å². The molecule has 0 amide bonds. The minimum atomic E-state index is 0.537. The van der Waals surface area contributed by atoms with Crippen LogP contribution >= 0.6 is 22.6 Å². The van der Waals surface area contributed by atoms with Crippen molar-refractivity contribution in [1.29, 1.82) is 0 Å². The maximum absolute atomic E-state index is 4.23. The highest BCUT2D eigenvalue weighted by Gasteiger charge is 1.98. The lowest BCUT2D eigenvalue weighted by Crippen LogP contribution is -1.91. The van der Waals surface area contributed by atoms with Gasteiger partial charge in [-0.2, -0.15) is 0 Å². The van der Waals surface area contributed by atoms with Crippen LogP contribution in [0.3, 0.4) is 0 Å². The molecule has 10 heavy (non-hydrogen) atoms. The summed E-state index contributed by atoms with van der Waals surface area (Å²) in [4.78, 5) is 4.23. The van der Waals surface area contributed by atoms with Gasteiger partial charge in [0.1, 0.15) is 0 Å². The largest absolute Gasteiger partial charge is 0.261 e. The Labute approximate surface area is 75.0 Å². The lowest BCUT2D eigenvalue weighted by Gasteiger charge is -2.02. The lowest BCUT2D eigenvalue weighted by molar-refractivity contribution is 0.821. The van der Waals surface area contributed by atoms with Gasteiger partial charge in [0.05, 0.1) is 0 Å². The summed E-state index contributed by atoms with van der Waals surface area (Å²) in [6.07, 6.45) is 1.86. The molecule has 0 N–H and O–H groups in total. The zero-order chi connectivity index (χ0) is 7.56. The molecule has 1 nitrogen and oxygen atoms in total. The molecule has 0 aromatic carbocycles. The molecule has 1 rings (SSSR count). The maximum Gasteiger partial charge on any atom is 0.0439 e. The predicted octanol–water partition coefficient (Wildman–Crippen LogP) is 2.81. The zero-order valence-corrected chi connectivity index (χ0v) is 8.29. The zero-order valence-electron chi connectivity index (χ0n) is 6.13. The molecule has 2 heteroatoms. The predicted molar refractivity (Wildman–Crippen MR) is 51.0 cm³/mol. The molecule has 1 aromatic rings. The van der Waals surface area contributed by atoms with E-state index in [9.17, 15) is 0 Å². The lowest BCUT2D eigenvalue weighted by atomic mass is 10.1. The first kappa shape index (κ1) is 7.98. The molecule has 0 aliphatic rings. The van der Waals surface area contributed by atoms with Crippen molar-refractivity contribution in [3.05, 3.63) is 27.6 Å². The third-order valence-electron chi connectivity index (χ3n) is 1.33. The summed E-state index contributed by atoms with van der Waals surface area (Å²) in [5.74, 6) is 0.537. The second kappa shape index (κ2) is 3.32. The highest BCUT2D eigenvalue weighted by molar-refractivity contribution is 14.1. The van der Waals surface area contributed by atoms with E-state index in [1.807, 2.05) is 12.3 Å². The Hall–Kier alpha value is -0.120. The summed E-state index contributed by atoms with van der Waals surface area (Å²) in [7, 11) is 0. The van der Waals surface area contributed by atoms with Crippen LogP contribution in [0, 0.1) is 3.57 Å². The summed E-state index contributed by atoms with van der Waals surface area (Å²) in [6.45, 7) is 4.30. The van der Waals surface area contributed by atoms with E-state index in [1.54, 1.807) is 0 Å². The van der Waals surface area contributed by atoms with Crippen molar-refractivity contribution in [2.24, 2.45) is 0 Å². The fraction of sp³-hybridized carbons (Fsp3) is 0.375. The van der Waals surface area contributed by atoms with E-state index in [0.29, 0.717) is 5.92 Å². The van der Waals surface area contributed by atoms with Crippen molar-refractivity contribution in [2.45, 2.75) is 19.8 Å². The molecule has 1 aromatic heterocycles. The Balaban J connectivity index is 2.96. The first-order chi connectivity index (χ1) is 4.70. The molecular formula is C8H10IN. The van der Waals surface area contributed by atoms with Crippen molar-refractivity contribution < 1.29 is 0 Å². The number of rotatable bonds is 1. The van der Waals surface area contributed by atoms with E-state index >= 15 is 0 Å². The molecular weight excluding hydrogens is 237 g/mol. The molecule has 0 aliphatic heterocycles. The normalized spacial score (nSPS) is 10.4. The Morgan fingerprint density at radius 2 is 2.20 bits per heavy atom. The van der Waals surface area contributed by atoms with Crippen LogP contribution in [0.5, 0.6) is 0 Å². The van der Waals surface area contributed by atoms with Gasteiger partial charge in [-0.3, -0.25) is 4.98 Å². The van der Waals surface area contributed by atoms with Crippen LogP contribution in [0.1, 0.15) is 25.5 Å². The number of hydrogen-bond donors (Lipinski definition) is 0. The van der Waals surface area contributed by atoms with E-state index in [-0.39, 0.29) is 0 Å². The van der Waals surface area contributed by atoms with E-state index in [1.165, 1.54) is 9.26 Å². The smallest absolute Gasteiger partial charge is 0.0439 e. The minimum absolute atomic E-state index is 0.537. The van der Waals surface area contributed by atoms with Gasteiger partial charge in [-0.15, -0.1) is 0 Å². The molecule has 0 fully saturated rings. The summed E-state index contributed by atoms with van der Waals surface area (Å²) in [6, 6.07) is 4.12. The monoisotopic (exact) mass is 247 g/mol. The van der Waals surface area contributed by atoms with Gasteiger partial charge in [-0.25, -0.2) is 0 Å². The second-order valence-electron chi connectivity index (χ2n) is 2.55. The Morgan fingerprint density at radius 1 is 1.50 bits per heavy atom. The van der Waals surface area contributed by atoms with Gasteiger partial charge in [0.25, 0.3) is 0 Å². The molecule has 0 unspecified atom stereocenters. The van der Waals surface area contributed by atoms with E-state index in [0.717, 1.165) is 0 Å². The Bertz CT molecular complexity index is 220. The average molecular weight is 247 g/mol. The Kier molecular flexibility index (Phi) is 2.65. The molecule has 54 valence electrons. The fourth-order valence-corrected chi connectivity index (χ4v) is 1.22. The van der Waals surface area contributed by atoms with Gasteiger partial charge in [0.15, 0.2) is 0 Å². The van der Waals surface area contributed by atoms with Gasteiger partial charge in [-0.05, 0) is 40.6 Å². The van der Waals surface area contributed by atoms with Crippen LogP contribution in [0.25, 0.3) is 0 Å². The van der Waals surface area contributed by atoms with Gasteiger partial charge in [0, 0.05) is 15.5 Å². The number of nitrogens with zero attached hydrogens (tertiary/aromatic N) is 1. The Morgan fingerprint density at radius 3 is 2.60 bits per heavy atom. The van der Waals surface area contributed by atoms with Gasteiger partial charge < -0.3 is 0 Å². The van der Waals surface area contributed by atoms with Crippen LogP contribution in [0.2, 0.25) is 0 Å². The first-order valence-corrected chi connectivity index (χ1v) is 4.39. The van der Waals surface area contributed by atoms with Crippen molar-refractivity contribution >= 4 is 22.6 Å². The summed E-state index contributed by atoms with van der Waals surface area (Å²) in [5, 5.41) is 0. The topological polar surface area (TPSA) is 12.9 Å². The third kappa shape index (κ3) is 1.94. The maximum atomic E-state index is 4.23. The number of pyridine rings is 1. The third-order valence-corrected chi connectivity index (χ3v) is 2.01. The van der Waals surface area contributed by atoms with Crippen molar-refractivity contribution in [3.8, 4) is 0 Å². The summed E-state index contributed by atoms with van der Waals surface area (Å²) >= 11 is 2.30. The van der Waals surface area contributed by atoms with Crippen LogP contribution in [0.4, 0.5) is 0 Å². The van der Waals surface area contributed by atoms with Crippen molar-refractivity contribution in [2.75, 3.05) is 0 Å². The van der Waals surface area contributed by atoms with Crippen molar-refractivity contribution in [3.63, 3.8) is 0 Å². The average Bonchev–Trinajstić information content (AvgIpc) is 1.88. The molecule has 0 saturated carbocycles. The quantitative estimate of drug-likeness (QED) is 0.695. The number of hydrogen-bond acceptors (Lipinski definition) is 1. The molecule has 0 radical (unpaired) electrons. The van der Waals surface area contributed by atoms with Crippen molar-refractivity contribution in [1.82, 2.24) is 4.98 Å². The van der Waals surface area contributed by atoms with Gasteiger partial charge >= 0.3 is 0 Å². The minimum Gasteiger partial charge on any atom is -0.261 e. The SMILES string of the molecule is CC(C)c1cc(I)ccn1. The van der Waals surface area contributed by atoms with Crippen LogP contribution < -0.4 is 0 Å². The molecule has 0 saturated heterocycles.